The summed E-state index contributed by atoms with van der Waals surface area (Å²) in [6.45, 7) is 4.07. The van der Waals surface area contributed by atoms with E-state index in [1.165, 1.54) is 0 Å². The zero-order chi connectivity index (χ0) is 12.9. The van der Waals surface area contributed by atoms with Crippen molar-refractivity contribution < 1.29 is 19.0 Å². The summed E-state index contributed by atoms with van der Waals surface area (Å²) >= 11 is 0. The Bertz CT molecular complexity index is 291. The number of methoxy groups -OCH3 is 2. The van der Waals surface area contributed by atoms with E-state index in [9.17, 15) is 4.79 Å². The van der Waals surface area contributed by atoms with Gasteiger partial charge in [-0.25, -0.2) is 4.79 Å². The van der Waals surface area contributed by atoms with Crippen LogP contribution < -0.4 is 0 Å². The van der Waals surface area contributed by atoms with Crippen LogP contribution in [-0.2, 0) is 19.0 Å². The van der Waals surface area contributed by atoms with Gasteiger partial charge in [-0.3, -0.25) is 0 Å². The Labute approximate surface area is 103 Å². The van der Waals surface area contributed by atoms with Gasteiger partial charge in [0.15, 0.2) is 5.79 Å². The van der Waals surface area contributed by atoms with Crippen molar-refractivity contribution in [1.29, 1.82) is 0 Å². The molecule has 0 amide bonds. The first-order valence-corrected chi connectivity index (χ1v) is 6.04. The fraction of sp³-hybridized carbons (Fsp3) is 0.769. The third-order valence-electron chi connectivity index (χ3n) is 3.47. The molecule has 0 spiro atoms. The van der Waals surface area contributed by atoms with Crippen molar-refractivity contribution in [2.24, 2.45) is 0 Å². The SMILES string of the molecule is CCOC(=O)C(C)=C1CCC(OC)(OC)CC1. The van der Waals surface area contributed by atoms with Crippen LogP contribution in [0, 0.1) is 0 Å². The Kier molecular flexibility index (Phi) is 5.15. The standard InChI is InChI=1S/C13H22O4/c1-5-17-12(14)10(2)11-6-8-13(15-3,16-4)9-7-11/h5-9H2,1-4H3. The predicted octanol–water partition coefficient (Wildman–Crippen LogP) is 2.43. The Morgan fingerprint density at radius 3 is 2.18 bits per heavy atom. The van der Waals surface area contributed by atoms with Gasteiger partial charge in [0.2, 0.25) is 0 Å². The van der Waals surface area contributed by atoms with Crippen molar-refractivity contribution in [2.45, 2.75) is 45.3 Å². The average molecular weight is 242 g/mol. The van der Waals surface area contributed by atoms with Crippen LogP contribution in [-0.4, -0.2) is 32.6 Å². The van der Waals surface area contributed by atoms with E-state index < -0.39 is 5.79 Å². The lowest BCUT2D eigenvalue weighted by Crippen LogP contribution is -2.36. The van der Waals surface area contributed by atoms with E-state index in [2.05, 4.69) is 0 Å². The van der Waals surface area contributed by atoms with E-state index in [1.54, 1.807) is 14.2 Å². The molecule has 0 atom stereocenters. The molecule has 17 heavy (non-hydrogen) atoms. The van der Waals surface area contributed by atoms with Crippen molar-refractivity contribution >= 4 is 5.97 Å². The van der Waals surface area contributed by atoms with Crippen molar-refractivity contribution in [3.63, 3.8) is 0 Å². The van der Waals surface area contributed by atoms with Gasteiger partial charge in [-0.05, 0) is 26.7 Å². The highest BCUT2D eigenvalue weighted by molar-refractivity contribution is 5.88. The van der Waals surface area contributed by atoms with Gasteiger partial charge < -0.3 is 14.2 Å². The minimum Gasteiger partial charge on any atom is -0.463 e. The molecular formula is C13H22O4. The zero-order valence-corrected chi connectivity index (χ0v) is 11.2. The van der Waals surface area contributed by atoms with Crippen LogP contribution in [0.3, 0.4) is 0 Å². The lowest BCUT2D eigenvalue weighted by Gasteiger charge is -2.35. The van der Waals surface area contributed by atoms with Gasteiger partial charge in [0, 0.05) is 32.6 Å². The molecule has 0 aromatic heterocycles. The maximum absolute atomic E-state index is 11.6. The highest BCUT2D eigenvalue weighted by atomic mass is 16.7. The van der Waals surface area contributed by atoms with Crippen LogP contribution in [0.1, 0.15) is 39.5 Å². The number of ether oxygens (including phenoxy) is 3. The lowest BCUT2D eigenvalue weighted by molar-refractivity contribution is -0.218. The van der Waals surface area contributed by atoms with Crippen LogP contribution in [0.4, 0.5) is 0 Å². The molecule has 0 aromatic rings. The smallest absolute Gasteiger partial charge is 0.333 e. The first-order valence-electron chi connectivity index (χ1n) is 6.04. The highest BCUT2D eigenvalue weighted by Gasteiger charge is 2.34. The molecule has 4 nitrogen and oxygen atoms in total. The van der Waals surface area contributed by atoms with Crippen LogP contribution in [0.25, 0.3) is 0 Å². The quantitative estimate of drug-likeness (QED) is 0.431. The fourth-order valence-electron chi connectivity index (χ4n) is 2.18. The van der Waals surface area contributed by atoms with Gasteiger partial charge in [-0.2, -0.15) is 0 Å². The minimum atomic E-state index is -0.474. The molecule has 98 valence electrons. The third kappa shape index (κ3) is 3.30. The Hall–Kier alpha value is -0.870. The second-order valence-corrected chi connectivity index (χ2v) is 4.27. The molecule has 0 aliphatic heterocycles. The van der Waals surface area contributed by atoms with Gasteiger partial charge in [0.25, 0.3) is 0 Å². The molecular weight excluding hydrogens is 220 g/mol. The molecule has 1 aliphatic carbocycles. The molecule has 1 rings (SSSR count). The van der Waals surface area contributed by atoms with Crippen molar-refractivity contribution in [1.82, 2.24) is 0 Å². The second-order valence-electron chi connectivity index (χ2n) is 4.27. The molecule has 4 heteroatoms. The molecule has 0 heterocycles. The maximum Gasteiger partial charge on any atom is 0.333 e. The van der Waals surface area contributed by atoms with E-state index in [1.807, 2.05) is 13.8 Å². The first-order chi connectivity index (χ1) is 8.08. The van der Waals surface area contributed by atoms with Gasteiger partial charge >= 0.3 is 5.97 Å². The number of hydrogen-bond acceptors (Lipinski definition) is 4. The minimum absolute atomic E-state index is 0.204. The predicted molar refractivity (Wildman–Crippen MR) is 64.6 cm³/mol. The first kappa shape index (κ1) is 14.2. The summed E-state index contributed by atoms with van der Waals surface area (Å²) in [4.78, 5) is 11.6. The number of esters is 1. The molecule has 0 bridgehead atoms. The average Bonchev–Trinajstić information content (AvgIpc) is 2.38. The summed E-state index contributed by atoms with van der Waals surface area (Å²) < 4.78 is 15.8. The lowest BCUT2D eigenvalue weighted by atomic mass is 9.87. The van der Waals surface area contributed by atoms with Crippen molar-refractivity contribution in [3.8, 4) is 0 Å². The summed E-state index contributed by atoms with van der Waals surface area (Å²) in [7, 11) is 3.33. The van der Waals surface area contributed by atoms with E-state index in [0.717, 1.165) is 36.8 Å². The maximum atomic E-state index is 11.6. The molecule has 1 saturated carbocycles. The largest absolute Gasteiger partial charge is 0.463 e. The topological polar surface area (TPSA) is 44.8 Å². The van der Waals surface area contributed by atoms with E-state index in [4.69, 9.17) is 14.2 Å². The number of rotatable bonds is 4. The third-order valence-corrected chi connectivity index (χ3v) is 3.47. The van der Waals surface area contributed by atoms with Crippen LogP contribution >= 0.6 is 0 Å². The molecule has 1 fully saturated rings. The summed E-state index contributed by atoms with van der Waals surface area (Å²) in [5, 5.41) is 0. The summed E-state index contributed by atoms with van der Waals surface area (Å²) in [5.41, 5.74) is 1.90. The zero-order valence-electron chi connectivity index (χ0n) is 11.2. The van der Waals surface area contributed by atoms with Crippen LogP contribution in [0.15, 0.2) is 11.1 Å². The number of hydrogen-bond donors (Lipinski definition) is 0. The number of carbonyl (C=O) groups excluding carboxylic acids is 1. The molecule has 0 unspecified atom stereocenters. The molecule has 1 aliphatic rings. The van der Waals surface area contributed by atoms with Crippen molar-refractivity contribution in [3.05, 3.63) is 11.1 Å². The van der Waals surface area contributed by atoms with Gasteiger partial charge in [-0.1, -0.05) is 5.57 Å². The van der Waals surface area contributed by atoms with Crippen molar-refractivity contribution in [2.75, 3.05) is 20.8 Å². The second kappa shape index (κ2) is 6.17. The molecule has 0 saturated heterocycles. The fourth-order valence-corrected chi connectivity index (χ4v) is 2.18. The molecule has 0 radical (unpaired) electrons. The van der Waals surface area contributed by atoms with E-state index in [0.29, 0.717) is 6.61 Å². The monoisotopic (exact) mass is 242 g/mol. The highest BCUT2D eigenvalue weighted by Crippen LogP contribution is 2.36. The summed E-state index contributed by atoms with van der Waals surface area (Å²) in [5.74, 6) is -0.678. The molecule has 0 N–H and O–H groups in total. The van der Waals surface area contributed by atoms with E-state index >= 15 is 0 Å². The summed E-state index contributed by atoms with van der Waals surface area (Å²) in [6.07, 6.45) is 3.22. The Morgan fingerprint density at radius 2 is 1.76 bits per heavy atom. The molecule has 0 aromatic carbocycles. The Morgan fingerprint density at radius 1 is 1.24 bits per heavy atom. The summed E-state index contributed by atoms with van der Waals surface area (Å²) in [6, 6.07) is 0. The number of allylic oxidation sites excluding steroid dienone is 1. The van der Waals surface area contributed by atoms with Crippen LogP contribution in [0.2, 0.25) is 0 Å². The van der Waals surface area contributed by atoms with Gasteiger partial charge in [0.05, 0.1) is 6.61 Å². The van der Waals surface area contributed by atoms with E-state index in [-0.39, 0.29) is 5.97 Å². The number of carbonyl (C=O) groups is 1. The van der Waals surface area contributed by atoms with Gasteiger partial charge in [-0.15, -0.1) is 0 Å². The van der Waals surface area contributed by atoms with Crippen LogP contribution in [0.5, 0.6) is 0 Å². The Balaban J connectivity index is 2.67. The van der Waals surface area contributed by atoms with Gasteiger partial charge in [0.1, 0.15) is 0 Å². The normalized spacial score (nSPS) is 18.9.